The molecule has 1 heterocycles. The Kier molecular flexibility index (Phi) is 3.93. The predicted molar refractivity (Wildman–Crippen MR) is 74.9 cm³/mol. The molecule has 6 heteroatoms. The summed E-state index contributed by atoms with van der Waals surface area (Å²) < 4.78 is 4.88. The maximum absolute atomic E-state index is 12.2. The number of nitrogens with zero attached hydrogens (tertiary/aromatic N) is 1. The number of nitrogens with two attached hydrogens (primary N) is 1. The minimum atomic E-state index is -0.588. The van der Waals surface area contributed by atoms with Gasteiger partial charge in [0.1, 0.15) is 5.70 Å². The van der Waals surface area contributed by atoms with Crippen LogP contribution in [-0.2, 0) is 9.53 Å². The first kappa shape index (κ1) is 13.9. The average Bonchev–Trinajstić information content (AvgIpc) is 2.57. The molecule has 1 aliphatic heterocycles. The summed E-state index contributed by atoms with van der Waals surface area (Å²) in [6, 6.07) is 7.09. The van der Waals surface area contributed by atoms with Crippen molar-refractivity contribution in [2.75, 3.05) is 25.5 Å². The number of hydrogen-bond acceptors (Lipinski definition) is 5. The van der Waals surface area contributed by atoms with Crippen LogP contribution in [0.15, 0.2) is 35.7 Å². The van der Waals surface area contributed by atoms with E-state index < -0.39 is 5.97 Å². The van der Waals surface area contributed by atoms with Gasteiger partial charge < -0.3 is 20.7 Å². The zero-order valence-electron chi connectivity index (χ0n) is 11.5. The molecule has 1 amide bonds. The summed E-state index contributed by atoms with van der Waals surface area (Å²) in [5.74, 6) is -0.713. The van der Waals surface area contributed by atoms with Gasteiger partial charge >= 0.3 is 5.97 Å². The van der Waals surface area contributed by atoms with Crippen molar-refractivity contribution in [3.8, 4) is 0 Å². The molecule has 6 nitrogen and oxygen atoms in total. The Bertz CT molecular complexity index is 581. The van der Waals surface area contributed by atoms with Crippen LogP contribution in [0.2, 0.25) is 0 Å². The number of carbonyl (C=O) groups excluding carboxylic acids is 2. The molecule has 0 aromatic heterocycles. The van der Waals surface area contributed by atoms with Crippen molar-refractivity contribution in [3.05, 3.63) is 41.2 Å². The summed E-state index contributed by atoms with van der Waals surface area (Å²) in [7, 11) is 1.66. The van der Waals surface area contributed by atoms with Gasteiger partial charge in [-0.1, -0.05) is 12.1 Å². The van der Waals surface area contributed by atoms with Crippen LogP contribution in [-0.4, -0.2) is 37.0 Å². The first-order chi connectivity index (χ1) is 9.54. The largest absolute Gasteiger partial charge is 0.461 e. The smallest absolute Gasteiger partial charge is 0.356 e. The molecule has 0 radical (unpaired) electrons. The van der Waals surface area contributed by atoms with Crippen LogP contribution in [0.25, 0.3) is 0 Å². The number of benzene rings is 1. The maximum atomic E-state index is 12.2. The minimum absolute atomic E-state index is 0.0109. The zero-order valence-corrected chi connectivity index (χ0v) is 11.5. The lowest BCUT2D eigenvalue weighted by Gasteiger charge is -2.16. The second-order valence-electron chi connectivity index (χ2n) is 4.44. The molecule has 0 fully saturated rings. The lowest BCUT2D eigenvalue weighted by atomic mass is 10.1. The van der Waals surface area contributed by atoms with Crippen LogP contribution >= 0.6 is 0 Å². The Morgan fingerprint density at radius 3 is 2.85 bits per heavy atom. The lowest BCUT2D eigenvalue weighted by molar-refractivity contribution is -0.138. The molecule has 0 unspecified atom stereocenters. The molecule has 1 aromatic rings. The fraction of sp³-hybridized carbons (Fsp3) is 0.286. The Balaban J connectivity index is 2.42. The fourth-order valence-corrected chi connectivity index (χ4v) is 1.98. The van der Waals surface area contributed by atoms with E-state index >= 15 is 0 Å². The summed E-state index contributed by atoms with van der Waals surface area (Å²) in [5.41, 5.74) is 7.44. The lowest BCUT2D eigenvalue weighted by Crippen LogP contribution is -2.30. The van der Waals surface area contributed by atoms with Crippen LogP contribution in [0.4, 0.5) is 5.69 Å². The highest BCUT2D eigenvalue weighted by Gasteiger charge is 2.24. The highest BCUT2D eigenvalue weighted by Crippen LogP contribution is 2.23. The Hall–Kier alpha value is -2.50. The third kappa shape index (κ3) is 2.59. The molecule has 0 saturated carbocycles. The molecule has 3 N–H and O–H groups in total. The van der Waals surface area contributed by atoms with Crippen LogP contribution in [0.1, 0.15) is 17.3 Å². The van der Waals surface area contributed by atoms with Crippen LogP contribution < -0.4 is 11.1 Å². The zero-order chi connectivity index (χ0) is 14.7. The first-order valence-corrected chi connectivity index (χ1v) is 6.31. The van der Waals surface area contributed by atoms with Gasteiger partial charge in [-0.2, -0.15) is 0 Å². The van der Waals surface area contributed by atoms with Gasteiger partial charge in [-0.3, -0.25) is 4.79 Å². The van der Waals surface area contributed by atoms with Crippen molar-refractivity contribution < 1.29 is 14.3 Å². The number of esters is 1. The van der Waals surface area contributed by atoms with E-state index in [0.29, 0.717) is 16.9 Å². The molecule has 20 heavy (non-hydrogen) atoms. The molecule has 106 valence electrons. The highest BCUT2D eigenvalue weighted by atomic mass is 16.5. The van der Waals surface area contributed by atoms with Gasteiger partial charge in [-0.05, 0) is 19.1 Å². The highest BCUT2D eigenvalue weighted by molar-refractivity contribution is 6.01. The molecule has 0 aliphatic carbocycles. The monoisotopic (exact) mass is 275 g/mol. The standard InChI is InChI=1S/C14H17N3O3/c1-3-20-14(19)12(15)11-8-17(2)13(18)9-6-4-5-7-10(9)16-11/h4-7,16H,3,8,15H2,1-2H3. The Morgan fingerprint density at radius 2 is 2.15 bits per heavy atom. The van der Waals surface area contributed by atoms with Gasteiger partial charge in [0.25, 0.3) is 5.91 Å². The van der Waals surface area contributed by atoms with Crippen molar-refractivity contribution in [2.45, 2.75) is 6.92 Å². The number of carbonyl (C=O) groups is 2. The Morgan fingerprint density at radius 1 is 1.45 bits per heavy atom. The molecule has 0 atom stereocenters. The summed E-state index contributed by atoms with van der Waals surface area (Å²) in [6.45, 7) is 2.18. The SMILES string of the molecule is CCOC(=O)C(N)=C1CN(C)C(=O)c2ccccc2N1. The number of anilines is 1. The van der Waals surface area contributed by atoms with Gasteiger partial charge in [-0.25, -0.2) is 4.79 Å². The van der Waals surface area contributed by atoms with Gasteiger partial charge in [0.05, 0.1) is 30.1 Å². The molecule has 0 saturated heterocycles. The van der Waals surface area contributed by atoms with Gasteiger partial charge in [0.2, 0.25) is 0 Å². The average molecular weight is 275 g/mol. The summed E-state index contributed by atoms with van der Waals surface area (Å²) >= 11 is 0. The van der Waals surface area contributed by atoms with Crippen LogP contribution in [0.3, 0.4) is 0 Å². The molecular formula is C14H17N3O3. The van der Waals surface area contributed by atoms with Crippen molar-refractivity contribution >= 4 is 17.6 Å². The second kappa shape index (κ2) is 5.64. The number of likely N-dealkylation sites (N-methyl/N-ethyl adjacent to an activating group) is 1. The van der Waals surface area contributed by atoms with Crippen molar-refractivity contribution in [2.24, 2.45) is 5.73 Å². The predicted octanol–water partition coefficient (Wildman–Crippen LogP) is 0.917. The number of nitrogens with one attached hydrogen (secondary N) is 1. The van der Waals surface area contributed by atoms with Gasteiger partial charge in [-0.15, -0.1) is 0 Å². The van der Waals surface area contributed by atoms with E-state index in [2.05, 4.69) is 5.32 Å². The number of rotatable bonds is 2. The number of ether oxygens (including phenoxy) is 1. The Labute approximate surface area is 117 Å². The minimum Gasteiger partial charge on any atom is -0.461 e. The third-order valence-corrected chi connectivity index (χ3v) is 3.01. The van der Waals surface area contributed by atoms with E-state index in [4.69, 9.17) is 10.5 Å². The molecule has 1 aliphatic rings. The van der Waals surface area contributed by atoms with E-state index in [1.807, 2.05) is 6.07 Å². The van der Waals surface area contributed by atoms with Crippen molar-refractivity contribution in [1.82, 2.24) is 4.90 Å². The van der Waals surface area contributed by atoms with Gasteiger partial charge in [0, 0.05) is 7.05 Å². The normalized spacial score (nSPS) is 16.9. The summed E-state index contributed by atoms with van der Waals surface area (Å²) in [6.07, 6.45) is 0. The second-order valence-corrected chi connectivity index (χ2v) is 4.44. The van der Waals surface area contributed by atoms with Crippen LogP contribution in [0.5, 0.6) is 0 Å². The van der Waals surface area contributed by atoms with Gasteiger partial charge in [0.15, 0.2) is 0 Å². The number of fused-ring (bicyclic) bond motifs is 1. The topological polar surface area (TPSA) is 84.7 Å². The van der Waals surface area contributed by atoms with E-state index in [1.165, 1.54) is 4.90 Å². The van der Waals surface area contributed by atoms with E-state index in [9.17, 15) is 9.59 Å². The van der Waals surface area contributed by atoms with E-state index in [1.54, 1.807) is 32.2 Å². The number of hydrogen-bond donors (Lipinski definition) is 2. The van der Waals surface area contributed by atoms with Crippen molar-refractivity contribution in [1.29, 1.82) is 0 Å². The third-order valence-electron chi connectivity index (χ3n) is 3.01. The fourth-order valence-electron chi connectivity index (χ4n) is 1.98. The van der Waals surface area contributed by atoms with E-state index in [-0.39, 0.29) is 24.8 Å². The number of amides is 1. The van der Waals surface area contributed by atoms with Crippen molar-refractivity contribution in [3.63, 3.8) is 0 Å². The molecule has 0 bridgehead atoms. The molecule has 2 rings (SSSR count). The summed E-state index contributed by atoms with van der Waals surface area (Å²) in [4.78, 5) is 25.4. The summed E-state index contributed by atoms with van der Waals surface area (Å²) in [5, 5.41) is 3.05. The van der Waals surface area contributed by atoms with Crippen LogP contribution in [0, 0.1) is 0 Å². The molecular weight excluding hydrogens is 258 g/mol. The molecule has 0 spiro atoms. The molecule has 1 aromatic carbocycles. The first-order valence-electron chi connectivity index (χ1n) is 6.31. The van der Waals surface area contributed by atoms with E-state index in [0.717, 1.165) is 0 Å². The number of para-hydroxylation sites is 1. The maximum Gasteiger partial charge on any atom is 0.356 e. The quantitative estimate of drug-likeness (QED) is 0.619.